The first-order valence-corrected chi connectivity index (χ1v) is 8.59. The number of carbonyl (C=O) groups is 1. The molecule has 1 heterocycles. The Labute approximate surface area is 141 Å². The van der Waals surface area contributed by atoms with Gasteiger partial charge >= 0.3 is 6.09 Å². The van der Waals surface area contributed by atoms with Crippen LogP contribution >= 0.6 is 0 Å². The fourth-order valence-corrected chi connectivity index (χ4v) is 4.41. The standard InChI is InChI=1S/C20H20N2O2/c21-19-16-9-22(10-17(16)19)20(23)24-11-18-14-7-3-1-5-12(14)13-6-2-4-8-15(13)18/h1-8,16-19H,9-11,21H2. The van der Waals surface area contributed by atoms with Crippen LogP contribution in [0.3, 0.4) is 0 Å². The molecule has 2 N–H and O–H groups in total. The molecule has 0 spiro atoms. The third kappa shape index (κ3) is 1.99. The molecule has 5 rings (SSSR count). The first kappa shape index (κ1) is 14.1. The molecule has 122 valence electrons. The van der Waals surface area contributed by atoms with E-state index in [2.05, 4.69) is 48.5 Å². The first-order chi connectivity index (χ1) is 11.7. The van der Waals surface area contributed by atoms with Crippen LogP contribution in [-0.4, -0.2) is 36.7 Å². The fraction of sp³-hybridized carbons (Fsp3) is 0.350. The summed E-state index contributed by atoms with van der Waals surface area (Å²) in [6.07, 6.45) is -0.198. The number of ether oxygens (including phenoxy) is 1. The molecule has 1 saturated carbocycles. The van der Waals surface area contributed by atoms with E-state index in [0.29, 0.717) is 24.5 Å². The maximum absolute atomic E-state index is 12.4. The number of carbonyl (C=O) groups excluding carboxylic acids is 1. The second-order valence-corrected chi connectivity index (χ2v) is 7.11. The molecule has 0 bridgehead atoms. The number of hydrogen-bond acceptors (Lipinski definition) is 3. The number of nitrogens with zero attached hydrogens (tertiary/aromatic N) is 1. The van der Waals surface area contributed by atoms with Crippen LogP contribution < -0.4 is 5.73 Å². The Morgan fingerprint density at radius 2 is 1.54 bits per heavy atom. The zero-order valence-electron chi connectivity index (χ0n) is 13.4. The molecule has 4 heteroatoms. The number of likely N-dealkylation sites (tertiary alicyclic amines) is 1. The van der Waals surface area contributed by atoms with E-state index >= 15 is 0 Å². The molecule has 2 fully saturated rings. The summed E-state index contributed by atoms with van der Waals surface area (Å²) in [4.78, 5) is 14.2. The molecule has 2 atom stereocenters. The third-order valence-electron chi connectivity index (χ3n) is 5.85. The Morgan fingerprint density at radius 1 is 1.00 bits per heavy atom. The molecule has 4 nitrogen and oxygen atoms in total. The zero-order chi connectivity index (χ0) is 16.3. The van der Waals surface area contributed by atoms with E-state index in [1.807, 2.05) is 4.90 Å². The van der Waals surface area contributed by atoms with Crippen molar-refractivity contribution in [3.05, 3.63) is 59.7 Å². The molecule has 24 heavy (non-hydrogen) atoms. The molecule has 1 amide bonds. The van der Waals surface area contributed by atoms with Crippen molar-refractivity contribution in [3.63, 3.8) is 0 Å². The van der Waals surface area contributed by atoms with E-state index in [4.69, 9.17) is 10.5 Å². The first-order valence-electron chi connectivity index (χ1n) is 8.59. The van der Waals surface area contributed by atoms with Crippen molar-refractivity contribution in [2.24, 2.45) is 17.6 Å². The van der Waals surface area contributed by atoms with Gasteiger partial charge in [0.2, 0.25) is 0 Å². The summed E-state index contributed by atoms with van der Waals surface area (Å²) in [5, 5.41) is 0. The minimum Gasteiger partial charge on any atom is -0.448 e. The quantitative estimate of drug-likeness (QED) is 0.926. The minimum atomic E-state index is -0.198. The van der Waals surface area contributed by atoms with Crippen molar-refractivity contribution in [3.8, 4) is 11.1 Å². The van der Waals surface area contributed by atoms with E-state index in [1.54, 1.807) is 0 Å². The Morgan fingerprint density at radius 3 is 2.12 bits per heavy atom. The average molecular weight is 320 g/mol. The summed E-state index contributed by atoms with van der Waals surface area (Å²) in [6, 6.07) is 17.1. The Hall–Kier alpha value is -2.33. The Kier molecular flexibility index (Phi) is 2.98. The number of amides is 1. The molecule has 1 saturated heterocycles. The molecule has 1 aliphatic heterocycles. The molecular formula is C20H20N2O2. The van der Waals surface area contributed by atoms with Crippen molar-refractivity contribution in [1.29, 1.82) is 0 Å². The molecule has 0 radical (unpaired) electrons. The lowest BCUT2D eigenvalue weighted by Gasteiger charge is -2.21. The summed E-state index contributed by atoms with van der Waals surface area (Å²) in [6.45, 7) is 1.90. The minimum absolute atomic E-state index is 0.126. The Balaban J connectivity index is 1.33. The summed E-state index contributed by atoms with van der Waals surface area (Å²) in [5.41, 5.74) is 10.9. The molecule has 3 aliphatic rings. The molecule has 2 unspecified atom stereocenters. The maximum Gasteiger partial charge on any atom is 0.409 e. The van der Waals surface area contributed by atoms with Crippen molar-refractivity contribution >= 4 is 6.09 Å². The van der Waals surface area contributed by atoms with Gasteiger partial charge in [0, 0.05) is 25.0 Å². The molecule has 2 aromatic rings. The van der Waals surface area contributed by atoms with Gasteiger partial charge in [0.1, 0.15) is 6.61 Å². The van der Waals surface area contributed by atoms with Gasteiger partial charge in [-0.3, -0.25) is 0 Å². The van der Waals surface area contributed by atoms with E-state index in [-0.39, 0.29) is 12.0 Å². The normalized spacial score (nSPS) is 26.7. The maximum atomic E-state index is 12.4. The Bertz CT molecular complexity index is 761. The number of rotatable bonds is 2. The van der Waals surface area contributed by atoms with Crippen LogP contribution in [0.5, 0.6) is 0 Å². The van der Waals surface area contributed by atoms with Crippen LogP contribution in [0.15, 0.2) is 48.5 Å². The number of piperidine rings is 1. The highest BCUT2D eigenvalue weighted by Crippen LogP contribution is 2.45. The summed E-state index contributed by atoms with van der Waals surface area (Å²) in [5.74, 6) is 1.11. The van der Waals surface area contributed by atoms with Gasteiger partial charge in [-0.25, -0.2) is 4.79 Å². The van der Waals surface area contributed by atoms with Gasteiger partial charge in [-0.15, -0.1) is 0 Å². The van der Waals surface area contributed by atoms with Crippen LogP contribution in [-0.2, 0) is 4.74 Å². The van der Waals surface area contributed by atoms with Gasteiger partial charge in [-0.05, 0) is 34.1 Å². The van der Waals surface area contributed by atoms with Gasteiger partial charge in [0.15, 0.2) is 0 Å². The van der Waals surface area contributed by atoms with Crippen molar-refractivity contribution in [2.75, 3.05) is 19.7 Å². The molecular weight excluding hydrogens is 300 g/mol. The summed E-state index contributed by atoms with van der Waals surface area (Å²) in [7, 11) is 0. The predicted molar refractivity (Wildman–Crippen MR) is 91.6 cm³/mol. The third-order valence-corrected chi connectivity index (χ3v) is 5.85. The summed E-state index contributed by atoms with van der Waals surface area (Å²) < 4.78 is 5.67. The smallest absolute Gasteiger partial charge is 0.409 e. The number of hydrogen-bond donors (Lipinski definition) is 1. The van der Waals surface area contributed by atoms with Crippen molar-refractivity contribution < 1.29 is 9.53 Å². The lowest BCUT2D eigenvalue weighted by molar-refractivity contribution is 0.103. The van der Waals surface area contributed by atoms with Gasteiger partial charge in [0.25, 0.3) is 0 Å². The van der Waals surface area contributed by atoms with E-state index in [9.17, 15) is 4.79 Å². The topological polar surface area (TPSA) is 55.6 Å². The van der Waals surface area contributed by atoms with Crippen molar-refractivity contribution in [1.82, 2.24) is 4.90 Å². The van der Waals surface area contributed by atoms with E-state index in [0.717, 1.165) is 13.1 Å². The molecule has 0 aromatic heterocycles. The van der Waals surface area contributed by atoms with Gasteiger partial charge in [-0.1, -0.05) is 48.5 Å². The largest absolute Gasteiger partial charge is 0.448 e. The molecule has 2 aliphatic carbocycles. The SMILES string of the molecule is NC1C2CN(C(=O)OCC3c4ccccc4-c4ccccc43)CC12. The highest BCUT2D eigenvalue weighted by molar-refractivity contribution is 5.79. The second-order valence-electron chi connectivity index (χ2n) is 7.11. The highest BCUT2D eigenvalue weighted by Gasteiger charge is 2.55. The van der Waals surface area contributed by atoms with Gasteiger partial charge in [0.05, 0.1) is 0 Å². The number of benzene rings is 2. The number of nitrogens with two attached hydrogens (primary N) is 1. The van der Waals surface area contributed by atoms with Crippen LogP contribution in [0.1, 0.15) is 17.0 Å². The summed E-state index contributed by atoms with van der Waals surface area (Å²) >= 11 is 0. The van der Waals surface area contributed by atoms with Crippen LogP contribution in [0.2, 0.25) is 0 Å². The predicted octanol–water partition coefficient (Wildman–Crippen LogP) is 2.82. The highest BCUT2D eigenvalue weighted by atomic mass is 16.6. The monoisotopic (exact) mass is 320 g/mol. The van der Waals surface area contributed by atoms with Crippen LogP contribution in [0.4, 0.5) is 4.79 Å². The van der Waals surface area contributed by atoms with Crippen LogP contribution in [0, 0.1) is 11.8 Å². The average Bonchev–Trinajstić information content (AvgIpc) is 3.00. The zero-order valence-corrected chi connectivity index (χ0v) is 13.4. The van der Waals surface area contributed by atoms with E-state index < -0.39 is 0 Å². The van der Waals surface area contributed by atoms with Crippen molar-refractivity contribution in [2.45, 2.75) is 12.0 Å². The lowest BCUT2D eigenvalue weighted by Crippen LogP contribution is -2.35. The van der Waals surface area contributed by atoms with E-state index in [1.165, 1.54) is 22.3 Å². The fourth-order valence-electron chi connectivity index (χ4n) is 4.41. The number of fused-ring (bicyclic) bond motifs is 4. The second kappa shape index (κ2) is 5.08. The van der Waals surface area contributed by atoms with Crippen LogP contribution in [0.25, 0.3) is 11.1 Å². The molecule has 2 aromatic carbocycles. The van der Waals surface area contributed by atoms with Gasteiger partial charge < -0.3 is 15.4 Å². The lowest BCUT2D eigenvalue weighted by atomic mass is 9.98. The van der Waals surface area contributed by atoms with Gasteiger partial charge in [-0.2, -0.15) is 0 Å².